The van der Waals surface area contributed by atoms with Crippen molar-refractivity contribution >= 4 is 11.7 Å². The SMILES string of the molecule is COC(=O)c1c(N)cccc1OCc1cncc(C)c1. The summed E-state index contributed by atoms with van der Waals surface area (Å²) in [4.78, 5) is 15.8. The number of pyridine rings is 1. The van der Waals surface area contributed by atoms with Crippen molar-refractivity contribution in [1.29, 1.82) is 0 Å². The van der Waals surface area contributed by atoms with Crippen LogP contribution >= 0.6 is 0 Å². The molecule has 1 aromatic carbocycles. The fourth-order valence-corrected chi connectivity index (χ4v) is 1.85. The Morgan fingerprint density at radius 1 is 1.35 bits per heavy atom. The number of nitrogen functional groups attached to an aromatic ring is 1. The second-order valence-corrected chi connectivity index (χ2v) is 4.37. The van der Waals surface area contributed by atoms with E-state index in [2.05, 4.69) is 4.98 Å². The number of carbonyl (C=O) groups is 1. The van der Waals surface area contributed by atoms with Crippen molar-refractivity contribution in [3.63, 3.8) is 0 Å². The Balaban J connectivity index is 2.21. The lowest BCUT2D eigenvalue weighted by atomic mass is 10.1. The van der Waals surface area contributed by atoms with Gasteiger partial charge in [0.15, 0.2) is 0 Å². The summed E-state index contributed by atoms with van der Waals surface area (Å²) in [7, 11) is 1.31. The first-order valence-electron chi connectivity index (χ1n) is 6.12. The van der Waals surface area contributed by atoms with Gasteiger partial charge in [-0.2, -0.15) is 0 Å². The molecule has 0 amide bonds. The third kappa shape index (κ3) is 3.06. The predicted octanol–water partition coefficient (Wildman–Crippen LogP) is 2.34. The molecule has 0 atom stereocenters. The van der Waals surface area contributed by atoms with Crippen molar-refractivity contribution in [3.05, 3.63) is 53.3 Å². The molecule has 20 heavy (non-hydrogen) atoms. The molecular weight excluding hydrogens is 256 g/mol. The lowest BCUT2D eigenvalue weighted by Gasteiger charge is -2.12. The quantitative estimate of drug-likeness (QED) is 0.683. The molecule has 0 aliphatic heterocycles. The van der Waals surface area contributed by atoms with Gasteiger partial charge in [0, 0.05) is 23.6 Å². The topological polar surface area (TPSA) is 74.4 Å². The maximum atomic E-state index is 11.7. The molecule has 0 aliphatic rings. The molecule has 0 aliphatic carbocycles. The number of rotatable bonds is 4. The Morgan fingerprint density at radius 3 is 2.85 bits per heavy atom. The number of methoxy groups -OCH3 is 1. The van der Waals surface area contributed by atoms with Crippen molar-refractivity contribution in [2.45, 2.75) is 13.5 Å². The summed E-state index contributed by atoms with van der Waals surface area (Å²) in [5, 5.41) is 0. The van der Waals surface area contributed by atoms with Gasteiger partial charge in [-0.25, -0.2) is 4.79 Å². The molecule has 104 valence electrons. The molecule has 5 heteroatoms. The molecule has 0 unspecified atom stereocenters. The number of aromatic nitrogens is 1. The minimum absolute atomic E-state index is 0.246. The number of nitrogens with zero attached hydrogens (tertiary/aromatic N) is 1. The highest BCUT2D eigenvalue weighted by molar-refractivity contribution is 5.98. The van der Waals surface area contributed by atoms with E-state index in [9.17, 15) is 4.79 Å². The van der Waals surface area contributed by atoms with Crippen LogP contribution in [0.2, 0.25) is 0 Å². The van der Waals surface area contributed by atoms with Gasteiger partial charge < -0.3 is 15.2 Å². The lowest BCUT2D eigenvalue weighted by Crippen LogP contribution is -2.09. The van der Waals surface area contributed by atoms with Gasteiger partial charge in [0.2, 0.25) is 0 Å². The Hall–Kier alpha value is -2.56. The highest BCUT2D eigenvalue weighted by Crippen LogP contribution is 2.26. The second-order valence-electron chi connectivity index (χ2n) is 4.37. The van der Waals surface area contributed by atoms with Crippen molar-refractivity contribution in [1.82, 2.24) is 4.98 Å². The molecule has 1 heterocycles. The van der Waals surface area contributed by atoms with Gasteiger partial charge in [0.05, 0.1) is 7.11 Å². The van der Waals surface area contributed by atoms with Crippen LogP contribution < -0.4 is 10.5 Å². The van der Waals surface area contributed by atoms with Crippen molar-refractivity contribution in [3.8, 4) is 5.75 Å². The highest BCUT2D eigenvalue weighted by atomic mass is 16.5. The number of anilines is 1. The first kappa shape index (κ1) is 13.9. The van der Waals surface area contributed by atoms with E-state index in [0.717, 1.165) is 11.1 Å². The van der Waals surface area contributed by atoms with E-state index in [0.29, 0.717) is 18.0 Å². The number of aryl methyl sites for hydroxylation is 1. The van der Waals surface area contributed by atoms with E-state index in [1.165, 1.54) is 7.11 Å². The molecule has 2 aromatic rings. The minimum atomic E-state index is -0.513. The zero-order valence-electron chi connectivity index (χ0n) is 11.4. The number of ether oxygens (including phenoxy) is 2. The van der Waals surface area contributed by atoms with Crippen LogP contribution in [0.1, 0.15) is 21.5 Å². The van der Waals surface area contributed by atoms with Crippen LogP contribution in [0.15, 0.2) is 36.7 Å². The summed E-state index contributed by atoms with van der Waals surface area (Å²) in [6, 6.07) is 7.02. The molecule has 5 nitrogen and oxygen atoms in total. The number of esters is 1. The summed E-state index contributed by atoms with van der Waals surface area (Å²) >= 11 is 0. The van der Waals surface area contributed by atoms with E-state index in [-0.39, 0.29) is 5.56 Å². The monoisotopic (exact) mass is 272 g/mol. The molecule has 1 aromatic heterocycles. The molecule has 0 bridgehead atoms. The molecule has 0 saturated carbocycles. The molecule has 2 N–H and O–H groups in total. The van der Waals surface area contributed by atoms with Gasteiger partial charge >= 0.3 is 5.97 Å². The number of carbonyl (C=O) groups excluding carboxylic acids is 1. The third-order valence-corrected chi connectivity index (χ3v) is 2.77. The van der Waals surface area contributed by atoms with Crippen molar-refractivity contribution < 1.29 is 14.3 Å². The molecule has 0 spiro atoms. The van der Waals surface area contributed by atoms with E-state index < -0.39 is 5.97 Å². The maximum Gasteiger partial charge on any atom is 0.343 e. The van der Waals surface area contributed by atoms with Crippen molar-refractivity contribution in [2.24, 2.45) is 0 Å². The third-order valence-electron chi connectivity index (χ3n) is 2.77. The van der Waals surface area contributed by atoms with Crippen molar-refractivity contribution in [2.75, 3.05) is 12.8 Å². The van der Waals surface area contributed by atoms with Crippen LogP contribution in [-0.2, 0) is 11.3 Å². The van der Waals surface area contributed by atoms with Gasteiger partial charge in [0.25, 0.3) is 0 Å². The average Bonchev–Trinajstić information content (AvgIpc) is 2.44. The van der Waals surface area contributed by atoms with Gasteiger partial charge in [0.1, 0.15) is 17.9 Å². The van der Waals surface area contributed by atoms with E-state index in [1.807, 2.05) is 13.0 Å². The zero-order chi connectivity index (χ0) is 14.5. The van der Waals surface area contributed by atoms with Crippen LogP contribution in [0.5, 0.6) is 5.75 Å². The Labute approximate surface area is 117 Å². The van der Waals surface area contributed by atoms with Crippen LogP contribution in [0, 0.1) is 6.92 Å². The summed E-state index contributed by atoms with van der Waals surface area (Å²) in [5.41, 5.74) is 8.34. The molecule has 2 rings (SSSR count). The Bertz CT molecular complexity index is 626. The zero-order valence-corrected chi connectivity index (χ0v) is 11.4. The summed E-state index contributed by atoms with van der Waals surface area (Å²) in [6.07, 6.45) is 3.49. The van der Waals surface area contributed by atoms with Crippen LogP contribution in [0.25, 0.3) is 0 Å². The summed E-state index contributed by atoms with van der Waals surface area (Å²) in [5.74, 6) is -0.112. The van der Waals surface area contributed by atoms with Gasteiger partial charge in [-0.15, -0.1) is 0 Å². The highest BCUT2D eigenvalue weighted by Gasteiger charge is 2.16. The number of hydrogen-bond acceptors (Lipinski definition) is 5. The number of hydrogen-bond donors (Lipinski definition) is 1. The van der Waals surface area contributed by atoms with Gasteiger partial charge in [-0.3, -0.25) is 4.98 Å². The molecule has 0 saturated heterocycles. The standard InChI is InChI=1S/C15H16N2O3/c1-10-6-11(8-17-7-10)9-20-13-5-3-4-12(16)14(13)15(18)19-2/h3-8H,9,16H2,1-2H3. The summed E-state index contributed by atoms with van der Waals surface area (Å²) in [6.45, 7) is 2.26. The molecule has 0 radical (unpaired) electrons. The van der Waals surface area contributed by atoms with E-state index >= 15 is 0 Å². The van der Waals surface area contributed by atoms with Crippen LogP contribution in [0.3, 0.4) is 0 Å². The molecule has 0 fully saturated rings. The van der Waals surface area contributed by atoms with Crippen LogP contribution in [0.4, 0.5) is 5.69 Å². The first-order chi connectivity index (χ1) is 9.61. The van der Waals surface area contributed by atoms with E-state index in [1.54, 1.807) is 30.6 Å². The first-order valence-corrected chi connectivity index (χ1v) is 6.12. The number of benzene rings is 1. The van der Waals surface area contributed by atoms with E-state index in [4.69, 9.17) is 15.2 Å². The molecular formula is C15H16N2O3. The van der Waals surface area contributed by atoms with Gasteiger partial charge in [-0.1, -0.05) is 6.07 Å². The largest absolute Gasteiger partial charge is 0.488 e. The fourth-order valence-electron chi connectivity index (χ4n) is 1.85. The minimum Gasteiger partial charge on any atom is -0.488 e. The Kier molecular flexibility index (Phi) is 4.20. The average molecular weight is 272 g/mol. The summed E-state index contributed by atoms with van der Waals surface area (Å²) < 4.78 is 10.4. The van der Waals surface area contributed by atoms with Gasteiger partial charge in [-0.05, 0) is 30.7 Å². The smallest absolute Gasteiger partial charge is 0.343 e. The second kappa shape index (κ2) is 6.06. The lowest BCUT2D eigenvalue weighted by molar-refractivity contribution is 0.0597. The maximum absolute atomic E-state index is 11.7. The normalized spacial score (nSPS) is 10.1. The van der Waals surface area contributed by atoms with Crippen LogP contribution in [-0.4, -0.2) is 18.1 Å². The Morgan fingerprint density at radius 2 is 2.15 bits per heavy atom. The predicted molar refractivity (Wildman–Crippen MR) is 75.5 cm³/mol. The fraction of sp³-hybridized carbons (Fsp3) is 0.200. The number of nitrogens with two attached hydrogens (primary N) is 1.